The van der Waals surface area contributed by atoms with Crippen molar-refractivity contribution in [1.82, 2.24) is 33.9 Å². The van der Waals surface area contributed by atoms with E-state index in [-0.39, 0.29) is 30.8 Å². The Kier molecular flexibility index (Phi) is 11.9. The number of hydrogen-bond acceptors (Lipinski definition) is 10. The van der Waals surface area contributed by atoms with Crippen LogP contribution in [0.1, 0.15) is 63.2 Å². The lowest BCUT2D eigenvalue weighted by atomic mass is 10.1. The molecule has 2 N–H and O–H groups in total. The van der Waals surface area contributed by atoms with E-state index in [4.69, 9.17) is 14.5 Å². The molecule has 4 rings (SSSR count). The maximum atomic E-state index is 13.6. The number of nitrogens with one attached hydrogen (secondary N) is 1. The number of ether oxygens (including phenoxy) is 2. The monoisotopic (exact) mass is 624 g/mol. The summed E-state index contributed by atoms with van der Waals surface area (Å²) < 4.78 is 15.2. The first-order chi connectivity index (χ1) is 21.6. The second-order valence-electron chi connectivity index (χ2n) is 11.4. The molecule has 1 aliphatic rings. The molecule has 0 aliphatic carbocycles. The van der Waals surface area contributed by atoms with Crippen LogP contribution in [0.3, 0.4) is 0 Å². The molecule has 3 aromatic rings. The number of likely N-dealkylation sites (N-methyl/N-ethyl adjacent to an activating group) is 1. The molecular weight excluding hydrogens is 580 g/mol. The van der Waals surface area contributed by atoms with Crippen LogP contribution in [0.15, 0.2) is 41.6 Å². The zero-order valence-electron chi connectivity index (χ0n) is 26.7. The van der Waals surface area contributed by atoms with Crippen LogP contribution in [-0.4, -0.2) is 98.1 Å². The van der Waals surface area contributed by atoms with E-state index in [1.54, 1.807) is 52.9 Å². The van der Waals surface area contributed by atoms with Crippen LogP contribution in [-0.2, 0) is 32.0 Å². The molecule has 1 fully saturated rings. The molecule has 244 valence electrons. The van der Waals surface area contributed by atoms with Crippen molar-refractivity contribution in [1.29, 1.82) is 0 Å². The van der Waals surface area contributed by atoms with Crippen LogP contribution < -0.4 is 10.9 Å². The van der Waals surface area contributed by atoms with Crippen molar-refractivity contribution in [3.8, 4) is 0 Å². The summed E-state index contributed by atoms with van der Waals surface area (Å²) in [5, 5.41) is 13.0. The molecule has 2 unspecified atom stereocenters. The van der Waals surface area contributed by atoms with Crippen LogP contribution in [0.4, 0.5) is 5.69 Å². The fourth-order valence-corrected chi connectivity index (χ4v) is 4.99. The van der Waals surface area contributed by atoms with Gasteiger partial charge in [0.15, 0.2) is 5.65 Å². The third kappa shape index (κ3) is 8.60. The highest BCUT2D eigenvalue weighted by Gasteiger charge is 2.26. The molecule has 2 amide bonds. The lowest BCUT2D eigenvalue weighted by Gasteiger charge is -2.26. The fraction of sp³-hybridized carbons (Fsp3) is 0.548. The Labute approximate surface area is 262 Å². The third-order valence-electron chi connectivity index (χ3n) is 7.46. The van der Waals surface area contributed by atoms with Gasteiger partial charge in [0.25, 0.3) is 11.5 Å². The minimum atomic E-state index is -1.35. The normalized spacial score (nSPS) is 16.7. The highest BCUT2D eigenvalue weighted by atomic mass is 16.6. The molecule has 1 saturated heterocycles. The summed E-state index contributed by atoms with van der Waals surface area (Å²) in [6, 6.07) is 3.19. The van der Waals surface area contributed by atoms with Gasteiger partial charge in [0.05, 0.1) is 12.2 Å². The van der Waals surface area contributed by atoms with Gasteiger partial charge < -0.3 is 29.4 Å². The van der Waals surface area contributed by atoms with Crippen molar-refractivity contribution in [2.24, 2.45) is 0 Å². The minimum Gasteiger partial charge on any atom is -0.358 e. The van der Waals surface area contributed by atoms with Gasteiger partial charge in [-0.25, -0.2) is 15.0 Å². The van der Waals surface area contributed by atoms with Gasteiger partial charge in [-0.15, -0.1) is 0 Å². The molecular formula is C31H44N8O6. The molecule has 0 bridgehead atoms. The Balaban J connectivity index is 1.59. The van der Waals surface area contributed by atoms with E-state index in [2.05, 4.69) is 22.2 Å². The third-order valence-corrected chi connectivity index (χ3v) is 7.46. The average Bonchev–Trinajstić information content (AvgIpc) is 3.39. The number of hydrogen-bond donors (Lipinski definition) is 2. The predicted octanol–water partition coefficient (Wildman–Crippen LogP) is 2.27. The number of fused-ring (bicyclic) bond motifs is 1. The molecule has 0 aromatic carbocycles. The molecule has 14 nitrogen and oxygen atoms in total. The van der Waals surface area contributed by atoms with Gasteiger partial charge in [-0.05, 0) is 70.8 Å². The molecule has 0 radical (unpaired) electrons. The summed E-state index contributed by atoms with van der Waals surface area (Å²) >= 11 is 0. The molecule has 3 aromatic heterocycles. The van der Waals surface area contributed by atoms with Crippen molar-refractivity contribution < 1.29 is 24.2 Å². The van der Waals surface area contributed by atoms with Gasteiger partial charge in [0.1, 0.15) is 35.7 Å². The van der Waals surface area contributed by atoms with Crippen LogP contribution in [0.5, 0.6) is 0 Å². The summed E-state index contributed by atoms with van der Waals surface area (Å²) in [6.07, 6.45) is 8.46. The van der Waals surface area contributed by atoms with Gasteiger partial charge in [0, 0.05) is 26.9 Å². The molecule has 45 heavy (non-hydrogen) atoms. The van der Waals surface area contributed by atoms with E-state index in [1.165, 1.54) is 26.5 Å². The van der Waals surface area contributed by atoms with Crippen LogP contribution in [0.2, 0.25) is 0 Å². The number of anilines is 1. The SMILES string of the molecule is CCCc1ncnc2c1nc(Cn1cccc(NC(=O)[C@H](CC/C=C/C(=O)N(C)C)OC(O)N(C)C)c1=O)n2C1CCCCO1. The number of aliphatic hydroxyl groups excluding tert-OH is 1. The first-order valence-electron chi connectivity index (χ1n) is 15.3. The number of imidazole rings is 1. The maximum absolute atomic E-state index is 13.6. The number of aromatic nitrogens is 5. The largest absolute Gasteiger partial charge is 0.358 e. The molecule has 0 spiro atoms. The Morgan fingerprint density at radius 1 is 1.24 bits per heavy atom. The molecule has 0 saturated carbocycles. The zero-order valence-corrected chi connectivity index (χ0v) is 26.7. The number of carbonyl (C=O) groups excluding carboxylic acids is 2. The second-order valence-corrected chi connectivity index (χ2v) is 11.4. The number of amides is 2. The lowest BCUT2D eigenvalue weighted by molar-refractivity contribution is -0.204. The maximum Gasteiger partial charge on any atom is 0.274 e. The van der Waals surface area contributed by atoms with Gasteiger partial charge in [-0.2, -0.15) is 0 Å². The van der Waals surface area contributed by atoms with Crippen molar-refractivity contribution >= 4 is 28.7 Å². The summed E-state index contributed by atoms with van der Waals surface area (Å²) in [5.74, 6) is -0.178. The molecule has 3 atom stereocenters. The topological polar surface area (TPSA) is 157 Å². The fourth-order valence-electron chi connectivity index (χ4n) is 4.99. The van der Waals surface area contributed by atoms with E-state index >= 15 is 0 Å². The van der Waals surface area contributed by atoms with Crippen molar-refractivity contribution in [2.75, 3.05) is 40.1 Å². The Bertz CT molecular complexity index is 1540. The number of aliphatic hydroxyl groups is 1. The van der Waals surface area contributed by atoms with E-state index in [0.29, 0.717) is 30.0 Å². The van der Waals surface area contributed by atoms with Crippen molar-refractivity contribution in [3.63, 3.8) is 0 Å². The van der Waals surface area contributed by atoms with Crippen LogP contribution >= 0.6 is 0 Å². The second kappa shape index (κ2) is 15.8. The highest BCUT2D eigenvalue weighted by molar-refractivity contribution is 5.94. The van der Waals surface area contributed by atoms with Crippen molar-refractivity contribution in [3.05, 3.63) is 58.7 Å². The number of carbonyl (C=O) groups is 2. The lowest BCUT2D eigenvalue weighted by Crippen LogP contribution is -2.40. The van der Waals surface area contributed by atoms with E-state index < -0.39 is 24.0 Å². The first-order valence-corrected chi connectivity index (χ1v) is 15.3. The predicted molar refractivity (Wildman–Crippen MR) is 168 cm³/mol. The smallest absolute Gasteiger partial charge is 0.274 e. The van der Waals surface area contributed by atoms with E-state index in [0.717, 1.165) is 37.8 Å². The van der Waals surface area contributed by atoms with Crippen LogP contribution in [0, 0.1) is 0 Å². The number of aryl methyl sites for hydroxylation is 1. The van der Waals surface area contributed by atoms with Gasteiger partial charge in [-0.1, -0.05) is 19.4 Å². The highest BCUT2D eigenvalue weighted by Crippen LogP contribution is 2.29. The van der Waals surface area contributed by atoms with Crippen LogP contribution in [0.25, 0.3) is 11.2 Å². The Morgan fingerprint density at radius 2 is 2.04 bits per heavy atom. The quantitative estimate of drug-likeness (QED) is 0.201. The zero-order chi connectivity index (χ0) is 32.5. The first kappa shape index (κ1) is 33.9. The molecule has 4 heterocycles. The summed E-state index contributed by atoms with van der Waals surface area (Å²) in [5.41, 5.74) is 1.84. The summed E-state index contributed by atoms with van der Waals surface area (Å²) in [4.78, 5) is 55.6. The number of pyridine rings is 1. The summed E-state index contributed by atoms with van der Waals surface area (Å²) in [6.45, 7) is 2.83. The molecule has 1 aliphatic heterocycles. The van der Waals surface area contributed by atoms with E-state index in [9.17, 15) is 19.5 Å². The average molecular weight is 625 g/mol. The van der Waals surface area contributed by atoms with Gasteiger partial charge in [-0.3, -0.25) is 23.9 Å². The van der Waals surface area contributed by atoms with E-state index in [1.807, 2.05) is 4.57 Å². The Morgan fingerprint density at radius 3 is 2.73 bits per heavy atom. The molecule has 14 heteroatoms. The number of allylic oxidation sites excluding steroid dienone is 1. The number of rotatable bonds is 14. The van der Waals surface area contributed by atoms with Crippen molar-refractivity contribution in [2.45, 2.75) is 77.2 Å². The number of nitrogens with zero attached hydrogens (tertiary/aromatic N) is 7. The van der Waals surface area contributed by atoms with Gasteiger partial charge >= 0.3 is 0 Å². The standard InChI is InChI=1S/C31H44N8O6/c1-6-12-21-27-28(33-20-32-21)39(26-16-9-10-18-44-26)24(35-27)19-38-17-11-13-22(30(38)42)34-29(41)23(45-31(43)37(4)5)14-7-8-15-25(40)36(2)3/h8,11,13,15,17,20,23,26,31,43H,6-7,9-10,12,14,16,18-19H2,1-5H3,(H,34,41)/b15-8+/t23-,26?,31?/m0/s1. The summed E-state index contributed by atoms with van der Waals surface area (Å²) in [7, 11) is 6.49. The Hall–Kier alpha value is -3.98. The minimum absolute atomic E-state index is 0.0526. The van der Waals surface area contributed by atoms with Gasteiger partial charge in [0.2, 0.25) is 12.3 Å².